The van der Waals surface area contributed by atoms with Crippen molar-refractivity contribution in [1.29, 1.82) is 0 Å². The molecule has 2 bridgehead atoms. The monoisotopic (exact) mass is 296 g/mol. The van der Waals surface area contributed by atoms with Gasteiger partial charge in [-0.3, -0.25) is 9.59 Å². The molecular formula is C20H24O2. The predicted molar refractivity (Wildman–Crippen MR) is 84.0 cm³/mol. The molecular weight excluding hydrogens is 272 g/mol. The molecule has 6 aliphatic rings. The van der Waals surface area contributed by atoms with Crippen LogP contribution in [0.1, 0.15) is 45.4 Å². The lowest BCUT2D eigenvalue weighted by atomic mass is 9.38. The minimum Gasteiger partial charge on any atom is -0.293 e. The highest BCUT2D eigenvalue weighted by molar-refractivity contribution is 6.21. The fraction of sp³-hybridized carbons (Fsp3) is 0.700. The summed E-state index contributed by atoms with van der Waals surface area (Å²) in [5.41, 5.74) is 0.839. The fourth-order valence-corrected chi connectivity index (χ4v) is 7.07. The Morgan fingerprint density at radius 1 is 1.00 bits per heavy atom. The highest BCUT2D eigenvalue weighted by Gasteiger charge is 2.72. The zero-order valence-electron chi connectivity index (χ0n) is 13.4. The maximum atomic E-state index is 13.3. The Morgan fingerprint density at radius 3 is 2.50 bits per heavy atom. The minimum atomic E-state index is -0.782. The van der Waals surface area contributed by atoms with Gasteiger partial charge in [-0.05, 0) is 84.7 Å². The van der Waals surface area contributed by atoms with Crippen LogP contribution in [-0.2, 0) is 9.59 Å². The number of carbonyl (C=O) groups is 2. The highest BCUT2D eigenvalue weighted by Crippen LogP contribution is 2.73. The average Bonchev–Trinajstić information content (AvgIpc) is 3.28. The van der Waals surface area contributed by atoms with Crippen molar-refractivity contribution in [2.24, 2.45) is 40.4 Å². The number of hydrogen-bond acceptors (Lipinski definition) is 2. The second-order valence-electron chi connectivity index (χ2n) is 8.89. The van der Waals surface area contributed by atoms with Gasteiger partial charge in [0, 0.05) is 0 Å². The van der Waals surface area contributed by atoms with Crippen molar-refractivity contribution in [3.8, 4) is 0 Å². The van der Waals surface area contributed by atoms with Crippen LogP contribution in [0.5, 0.6) is 0 Å². The van der Waals surface area contributed by atoms with E-state index in [1.54, 1.807) is 0 Å². The molecule has 116 valence electrons. The molecule has 0 saturated heterocycles. The van der Waals surface area contributed by atoms with Crippen molar-refractivity contribution >= 4 is 11.6 Å². The third-order valence-corrected chi connectivity index (χ3v) is 8.23. The van der Waals surface area contributed by atoms with Crippen LogP contribution in [0.25, 0.3) is 0 Å². The van der Waals surface area contributed by atoms with Crippen LogP contribution in [0.15, 0.2) is 24.3 Å². The number of fused-ring (bicyclic) bond motifs is 5. The first-order valence-electron chi connectivity index (χ1n) is 8.88. The van der Waals surface area contributed by atoms with Gasteiger partial charge in [0.25, 0.3) is 0 Å². The molecule has 2 heteroatoms. The van der Waals surface area contributed by atoms with E-state index in [9.17, 15) is 9.59 Å². The van der Waals surface area contributed by atoms with Crippen LogP contribution in [0, 0.1) is 40.4 Å². The van der Waals surface area contributed by atoms with Crippen LogP contribution in [0.3, 0.4) is 0 Å². The first-order valence-corrected chi connectivity index (χ1v) is 8.88. The van der Waals surface area contributed by atoms with E-state index in [0.29, 0.717) is 17.8 Å². The first-order chi connectivity index (χ1) is 10.4. The summed E-state index contributed by atoms with van der Waals surface area (Å²) >= 11 is 0. The van der Waals surface area contributed by atoms with Crippen LogP contribution in [0.2, 0.25) is 0 Å². The smallest absolute Gasteiger partial charge is 0.172 e. The molecule has 6 rings (SSSR count). The van der Waals surface area contributed by atoms with E-state index < -0.39 is 5.41 Å². The summed E-state index contributed by atoms with van der Waals surface area (Å²) < 4.78 is 0. The number of hydrogen-bond donors (Lipinski definition) is 0. The fourth-order valence-electron chi connectivity index (χ4n) is 7.07. The molecule has 7 atom stereocenters. The van der Waals surface area contributed by atoms with Crippen molar-refractivity contribution in [3.63, 3.8) is 0 Å². The SMILES string of the molecule is C=C1C(=O)C23CCC1CC2C1(C)CCC2CC2C1C(=C)C3=O. The van der Waals surface area contributed by atoms with Gasteiger partial charge in [-0.1, -0.05) is 20.1 Å². The summed E-state index contributed by atoms with van der Waals surface area (Å²) in [4.78, 5) is 26.3. The highest BCUT2D eigenvalue weighted by atomic mass is 16.2. The Labute approximate surface area is 132 Å². The molecule has 7 unspecified atom stereocenters. The Morgan fingerprint density at radius 2 is 1.73 bits per heavy atom. The van der Waals surface area contributed by atoms with Gasteiger partial charge in [0.05, 0.1) is 5.41 Å². The molecule has 0 aromatic rings. The summed E-state index contributed by atoms with van der Waals surface area (Å²) in [5.74, 6) is 2.57. The lowest BCUT2D eigenvalue weighted by molar-refractivity contribution is -0.167. The van der Waals surface area contributed by atoms with E-state index >= 15 is 0 Å². The number of Topliss-reactive ketones (excluding diaryl/α,β-unsaturated/α-hetero) is 2. The molecule has 6 saturated carbocycles. The molecule has 0 amide bonds. The Hall–Kier alpha value is -1.18. The molecule has 0 aliphatic heterocycles. The third-order valence-electron chi connectivity index (χ3n) is 8.23. The van der Waals surface area contributed by atoms with Crippen LogP contribution >= 0.6 is 0 Å². The summed E-state index contributed by atoms with van der Waals surface area (Å²) in [6.45, 7) is 10.6. The number of allylic oxidation sites excluding steroid dienone is 2. The number of carbonyl (C=O) groups excluding carboxylic acids is 2. The number of ketones is 2. The van der Waals surface area contributed by atoms with Crippen molar-refractivity contribution in [2.75, 3.05) is 0 Å². The normalized spacial score (nSPS) is 55.6. The van der Waals surface area contributed by atoms with Crippen LogP contribution < -0.4 is 0 Å². The van der Waals surface area contributed by atoms with E-state index in [-0.39, 0.29) is 22.9 Å². The largest absolute Gasteiger partial charge is 0.293 e. The summed E-state index contributed by atoms with van der Waals surface area (Å²) in [6, 6.07) is 0. The van der Waals surface area contributed by atoms with Gasteiger partial charge >= 0.3 is 0 Å². The van der Waals surface area contributed by atoms with Crippen LogP contribution in [0.4, 0.5) is 0 Å². The lowest BCUT2D eigenvalue weighted by Crippen LogP contribution is -2.65. The van der Waals surface area contributed by atoms with E-state index in [1.807, 2.05) is 0 Å². The lowest BCUT2D eigenvalue weighted by Gasteiger charge is -2.63. The molecule has 1 spiro atoms. The maximum absolute atomic E-state index is 13.3. The second kappa shape index (κ2) is 3.66. The maximum Gasteiger partial charge on any atom is 0.172 e. The van der Waals surface area contributed by atoms with Gasteiger partial charge < -0.3 is 0 Å². The molecule has 22 heavy (non-hydrogen) atoms. The van der Waals surface area contributed by atoms with Gasteiger partial charge in [0.15, 0.2) is 11.6 Å². The number of rotatable bonds is 0. The Kier molecular flexibility index (Phi) is 2.21. The zero-order valence-corrected chi connectivity index (χ0v) is 13.4. The van der Waals surface area contributed by atoms with E-state index in [0.717, 1.165) is 36.3 Å². The molecule has 0 aromatic heterocycles. The predicted octanol–water partition coefficient (Wildman–Crippen LogP) is 3.72. The molecule has 0 aromatic carbocycles. The third kappa shape index (κ3) is 1.19. The van der Waals surface area contributed by atoms with Gasteiger partial charge in [0.1, 0.15) is 0 Å². The molecule has 0 N–H and O–H groups in total. The summed E-state index contributed by atoms with van der Waals surface area (Å²) in [6.07, 6.45) is 6.45. The summed E-state index contributed by atoms with van der Waals surface area (Å²) in [5, 5.41) is 0. The molecule has 0 radical (unpaired) electrons. The minimum absolute atomic E-state index is 0.0729. The van der Waals surface area contributed by atoms with Gasteiger partial charge in [-0.25, -0.2) is 0 Å². The molecule has 6 aliphatic carbocycles. The Bertz CT molecular complexity index is 659. The second-order valence-corrected chi connectivity index (χ2v) is 8.89. The van der Waals surface area contributed by atoms with Crippen molar-refractivity contribution in [3.05, 3.63) is 24.3 Å². The van der Waals surface area contributed by atoms with Crippen molar-refractivity contribution in [1.82, 2.24) is 0 Å². The van der Waals surface area contributed by atoms with Gasteiger partial charge in [0.2, 0.25) is 0 Å². The zero-order chi connectivity index (χ0) is 15.4. The topological polar surface area (TPSA) is 34.1 Å². The van der Waals surface area contributed by atoms with Crippen molar-refractivity contribution < 1.29 is 9.59 Å². The average molecular weight is 296 g/mol. The van der Waals surface area contributed by atoms with E-state index in [4.69, 9.17) is 0 Å². The van der Waals surface area contributed by atoms with Gasteiger partial charge in [-0.15, -0.1) is 0 Å². The van der Waals surface area contributed by atoms with Gasteiger partial charge in [-0.2, -0.15) is 0 Å². The Balaban J connectivity index is 1.71. The molecule has 0 heterocycles. The van der Waals surface area contributed by atoms with Crippen LogP contribution in [-0.4, -0.2) is 11.6 Å². The molecule has 6 fully saturated rings. The standard InChI is InChI=1S/C20H24O2/c1-10-12-5-7-20(17(10)21)15(9-12)19(3)6-4-13-8-14(13)16(19)11(2)18(20)22/h12-16H,1-2,4-9H2,3H3. The van der Waals surface area contributed by atoms with E-state index in [2.05, 4.69) is 20.1 Å². The summed E-state index contributed by atoms with van der Waals surface area (Å²) in [7, 11) is 0. The molecule has 2 nitrogen and oxygen atoms in total. The first kappa shape index (κ1) is 13.3. The quantitative estimate of drug-likeness (QED) is 0.504. The van der Waals surface area contributed by atoms with Crippen molar-refractivity contribution in [2.45, 2.75) is 45.4 Å². The van der Waals surface area contributed by atoms with E-state index in [1.165, 1.54) is 19.3 Å².